The number of amides is 1. The fraction of sp³-hybridized carbons (Fsp3) is 0.312. The molecule has 0 saturated heterocycles. The van der Waals surface area contributed by atoms with Crippen LogP contribution in [0.1, 0.15) is 6.42 Å². The molecule has 120 valence electrons. The Hall–Kier alpha value is -2.83. The third-order valence-electron chi connectivity index (χ3n) is 3.56. The van der Waals surface area contributed by atoms with E-state index in [0.717, 1.165) is 18.7 Å². The minimum absolute atomic E-state index is 0.0828. The van der Waals surface area contributed by atoms with Gasteiger partial charge < -0.3 is 19.5 Å². The summed E-state index contributed by atoms with van der Waals surface area (Å²) in [6, 6.07) is 7.22. The van der Waals surface area contributed by atoms with Crippen LogP contribution in [-0.2, 0) is 16.1 Å². The number of aryl methyl sites for hydroxylation is 1. The predicted molar refractivity (Wildman–Crippen MR) is 84.1 cm³/mol. The molecule has 1 aromatic carbocycles. The van der Waals surface area contributed by atoms with Gasteiger partial charge in [-0.3, -0.25) is 4.79 Å². The predicted octanol–water partition coefficient (Wildman–Crippen LogP) is 0.815. The van der Waals surface area contributed by atoms with Crippen LogP contribution in [0, 0.1) is 0 Å². The Bertz CT molecular complexity index is 684. The van der Waals surface area contributed by atoms with E-state index in [2.05, 4.69) is 10.3 Å². The number of imidazole rings is 1. The number of ether oxygens (including phenoxy) is 1. The van der Waals surface area contributed by atoms with E-state index in [-0.39, 0.29) is 25.0 Å². The molecule has 0 bridgehead atoms. The molecule has 1 amide bonds. The number of nitrogens with one attached hydrogen (secondary N) is 1. The molecule has 1 aliphatic rings. The quantitative estimate of drug-likeness (QED) is 0.485. The fourth-order valence-electron chi connectivity index (χ4n) is 2.48. The molecule has 1 N–H and O–H groups in total. The summed E-state index contributed by atoms with van der Waals surface area (Å²) in [5, 5.41) is 2.87. The van der Waals surface area contributed by atoms with Gasteiger partial charge in [0.15, 0.2) is 5.75 Å². The van der Waals surface area contributed by atoms with Crippen LogP contribution >= 0.6 is 0 Å². The Morgan fingerprint density at radius 1 is 1.35 bits per heavy atom. The second kappa shape index (κ2) is 6.95. The molecule has 23 heavy (non-hydrogen) atoms. The highest BCUT2D eigenvalue weighted by atomic mass is 16.5. The standard InChI is InChI=1S/C16H18N4O3/c21-15(18-6-3-8-19-9-7-17-12-19)10-20-11-16(22)23-14-5-2-1-4-13(14)20/h1-2,4-5,7,9,12H,3,6,8,10-11H2,(H,18,21). The zero-order valence-corrected chi connectivity index (χ0v) is 12.6. The first kappa shape index (κ1) is 15.1. The number of para-hydroxylation sites is 2. The summed E-state index contributed by atoms with van der Waals surface area (Å²) in [6.07, 6.45) is 6.18. The normalized spacial score (nSPS) is 13.4. The number of hydrogen-bond acceptors (Lipinski definition) is 5. The van der Waals surface area contributed by atoms with Crippen molar-refractivity contribution >= 4 is 17.6 Å². The lowest BCUT2D eigenvalue weighted by atomic mass is 10.2. The average Bonchev–Trinajstić information content (AvgIpc) is 3.05. The Morgan fingerprint density at radius 3 is 3.04 bits per heavy atom. The van der Waals surface area contributed by atoms with Gasteiger partial charge in [0.05, 0.1) is 18.6 Å². The molecule has 7 nitrogen and oxygen atoms in total. The van der Waals surface area contributed by atoms with Gasteiger partial charge in [0.1, 0.15) is 6.54 Å². The molecule has 0 radical (unpaired) electrons. The van der Waals surface area contributed by atoms with Crippen LogP contribution in [0.2, 0.25) is 0 Å². The topological polar surface area (TPSA) is 76.5 Å². The molecule has 2 heterocycles. The molecule has 0 spiro atoms. The van der Waals surface area contributed by atoms with E-state index >= 15 is 0 Å². The molecule has 0 aliphatic carbocycles. The van der Waals surface area contributed by atoms with Crippen molar-refractivity contribution in [3.63, 3.8) is 0 Å². The lowest BCUT2D eigenvalue weighted by molar-refractivity contribution is -0.133. The number of esters is 1. The van der Waals surface area contributed by atoms with Crippen LogP contribution in [-0.4, -0.2) is 41.1 Å². The average molecular weight is 314 g/mol. The smallest absolute Gasteiger partial charge is 0.331 e. The second-order valence-corrected chi connectivity index (χ2v) is 5.30. The minimum atomic E-state index is -0.350. The van der Waals surface area contributed by atoms with Gasteiger partial charge in [0, 0.05) is 25.5 Å². The van der Waals surface area contributed by atoms with Gasteiger partial charge >= 0.3 is 5.97 Å². The number of aromatic nitrogens is 2. The Balaban J connectivity index is 1.49. The van der Waals surface area contributed by atoms with Gasteiger partial charge in [-0.05, 0) is 18.6 Å². The highest BCUT2D eigenvalue weighted by molar-refractivity contribution is 5.89. The number of benzene rings is 1. The molecular formula is C16H18N4O3. The van der Waals surface area contributed by atoms with E-state index in [4.69, 9.17) is 4.74 Å². The van der Waals surface area contributed by atoms with Crippen molar-refractivity contribution in [2.75, 3.05) is 24.5 Å². The first-order chi connectivity index (χ1) is 11.2. The first-order valence-electron chi connectivity index (χ1n) is 7.49. The summed E-state index contributed by atoms with van der Waals surface area (Å²) in [5.41, 5.74) is 0.765. The fourth-order valence-corrected chi connectivity index (χ4v) is 2.48. The maximum Gasteiger partial charge on any atom is 0.331 e. The molecule has 0 atom stereocenters. The first-order valence-corrected chi connectivity index (χ1v) is 7.49. The van der Waals surface area contributed by atoms with Crippen LogP contribution in [0.4, 0.5) is 5.69 Å². The van der Waals surface area contributed by atoms with Crippen molar-refractivity contribution in [2.24, 2.45) is 0 Å². The van der Waals surface area contributed by atoms with Gasteiger partial charge in [0.25, 0.3) is 0 Å². The molecule has 0 saturated carbocycles. The summed E-state index contributed by atoms with van der Waals surface area (Å²) < 4.78 is 7.12. The molecular weight excluding hydrogens is 296 g/mol. The second-order valence-electron chi connectivity index (χ2n) is 5.30. The molecule has 1 aromatic heterocycles. The van der Waals surface area contributed by atoms with Crippen LogP contribution in [0.5, 0.6) is 5.75 Å². The van der Waals surface area contributed by atoms with Crippen molar-refractivity contribution in [2.45, 2.75) is 13.0 Å². The van der Waals surface area contributed by atoms with Crippen LogP contribution < -0.4 is 15.0 Å². The molecule has 3 rings (SSSR count). The summed E-state index contributed by atoms with van der Waals surface area (Å²) in [6.45, 7) is 1.60. The van der Waals surface area contributed by atoms with Crippen molar-refractivity contribution in [3.8, 4) is 5.75 Å². The Morgan fingerprint density at radius 2 is 2.22 bits per heavy atom. The number of carbonyl (C=O) groups excluding carboxylic acids is 2. The summed E-state index contributed by atoms with van der Waals surface area (Å²) in [7, 11) is 0. The number of anilines is 1. The largest absolute Gasteiger partial charge is 0.423 e. The summed E-state index contributed by atoms with van der Waals surface area (Å²) in [5.74, 6) is 0.0356. The maximum atomic E-state index is 12.1. The van der Waals surface area contributed by atoms with Crippen molar-refractivity contribution in [3.05, 3.63) is 43.0 Å². The molecule has 7 heteroatoms. The number of fused-ring (bicyclic) bond motifs is 1. The minimum Gasteiger partial charge on any atom is -0.423 e. The highest BCUT2D eigenvalue weighted by Crippen LogP contribution is 2.30. The van der Waals surface area contributed by atoms with E-state index in [9.17, 15) is 9.59 Å². The lowest BCUT2D eigenvalue weighted by Gasteiger charge is -2.29. The molecule has 2 aromatic rings. The summed E-state index contributed by atoms with van der Waals surface area (Å²) >= 11 is 0. The molecule has 1 aliphatic heterocycles. The maximum absolute atomic E-state index is 12.1. The third-order valence-corrected chi connectivity index (χ3v) is 3.56. The number of rotatable bonds is 6. The Labute approximate surface area is 133 Å². The highest BCUT2D eigenvalue weighted by Gasteiger charge is 2.24. The van der Waals surface area contributed by atoms with Crippen molar-refractivity contribution < 1.29 is 14.3 Å². The van der Waals surface area contributed by atoms with Crippen molar-refractivity contribution in [1.29, 1.82) is 0 Å². The van der Waals surface area contributed by atoms with Gasteiger partial charge in [-0.1, -0.05) is 12.1 Å². The third kappa shape index (κ3) is 3.88. The monoisotopic (exact) mass is 314 g/mol. The van der Waals surface area contributed by atoms with E-state index < -0.39 is 0 Å². The number of carbonyl (C=O) groups is 2. The van der Waals surface area contributed by atoms with Gasteiger partial charge in [-0.25, -0.2) is 9.78 Å². The lowest BCUT2D eigenvalue weighted by Crippen LogP contribution is -2.43. The number of nitrogens with zero attached hydrogens (tertiary/aromatic N) is 3. The Kier molecular flexibility index (Phi) is 4.56. The van der Waals surface area contributed by atoms with E-state index in [1.165, 1.54) is 0 Å². The molecule has 0 unspecified atom stereocenters. The number of hydrogen-bond donors (Lipinski definition) is 1. The zero-order valence-electron chi connectivity index (χ0n) is 12.6. The van der Waals surface area contributed by atoms with Gasteiger partial charge in [-0.15, -0.1) is 0 Å². The zero-order chi connectivity index (χ0) is 16.1. The van der Waals surface area contributed by atoms with E-state index in [0.29, 0.717) is 12.3 Å². The van der Waals surface area contributed by atoms with Gasteiger partial charge in [-0.2, -0.15) is 0 Å². The van der Waals surface area contributed by atoms with Crippen molar-refractivity contribution in [1.82, 2.24) is 14.9 Å². The molecule has 0 fully saturated rings. The van der Waals surface area contributed by atoms with Crippen LogP contribution in [0.15, 0.2) is 43.0 Å². The van der Waals surface area contributed by atoms with E-state index in [1.807, 2.05) is 22.9 Å². The summed E-state index contributed by atoms with van der Waals surface area (Å²) in [4.78, 5) is 29.4. The van der Waals surface area contributed by atoms with E-state index in [1.54, 1.807) is 29.6 Å². The van der Waals surface area contributed by atoms with Gasteiger partial charge in [0.2, 0.25) is 5.91 Å². The van der Waals surface area contributed by atoms with Crippen LogP contribution in [0.25, 0.3) is 0 Å². The SMILES string of the molecule is O=C(CN1CC(=O)Oc2ccccc21)NCCCn1ccnc1. The van der Waals surface area contributed by atoms with Crippen LogP contribution in [0.3, 0.4) is 0 Å².